The zero-order chi connectivity index (χ0) is 15.5. The summed E-state index contributed by atoms with van der Waals surface area (Å²) in [4.78, 5) is 18.2. The van der Waals surface area contributed by atoms with Gasteiger partial charge in [0.15, 0.2) is 0 Å². The summed E-state index contributed by atoms with van der Waals surface area (Å²) in [6, 6.07) is 2.09. The molecule has 0 bridgehead atoms. The smallest absolute Gasteiger partial charge is 0.220 e. The van der Waals surface area contributed by atoms with Gasteiger partial charge in [-0.3, -0.25) is 14.4 Å². The Morgan fingerprint density at radius 3 is 3.05 bits per heavy atom. The summed E-state index contributed by atoms with van der Waals surface area (Å²) in [5.41, 5.74) is 3.24. The molecule has 0 aliphatic carbocycles. The van der Waals surface area contributed by atoms with Crippen LogP contribution in [-0.2, 0) is 31.0 Å². The van der Waals surface area contributed by atoms with Gasteiger partial charge in [-0.25, -0.2) is 4.98 Å². The third kappa shape index (κ3) is 3.53. The van der Waals surface area contributed by atoms with E-state index < -0.39 is 0 Å². The molecule has 6 nitrogen and oxygen atoms in total. The minimum Gasteiger partial charge on any atom is -0.350 e. The van der Waals surface area contributed by atoms with Crippen LogP contribution in [0.15, 0.2) is 11.4 Å². The van der Waals surface area contributed by atoms with Crippen molar-refractivity contribution >= 4 is 17.2 Å². The van der Waals surface area contributed by atoms with Crippen molar-refractivity contribution < 1.29 is 4.79 Å². The van der Waals surface area contributed by atoms with Gasteiger partial charge in [-0.1, -0.05) is 6.92 Å². The number of thiazole rings is 1. The highest BCUT2D eigenvalue weighted by Crippen LogP contribution is 2.18. The molecule has 7 heteroatoms. The quantitative estimate of drug-likeness (QED) is 0.911. The Bertz CT molecular complexity index is 663. The van der Waals surface area contributed by atoms with Crippen molar-refractivity contribution in [3.05, 3.63) is 33.5 Å². The standard InChI is InChI=1S/C15H21N5OS/c1-3-14(21)16-7-12-6-13-8-19(4-5-20(13)18-12)9-15-17-11(2)10-22-15/h6,10H,3-5,7-9H2,1-2H3,(H,16,21). The average Bonchev–Trinajstić information content (AvgIpc) is 3.10. The van der Waals surface area contributed by atoms with E-state index in [9.17, 15) is 4.79 Å². The maximum absolute atomic E-state index is 11.3. The van der Waals surface area contributed by atoms with Crippen LogP contribution in [0.1, 0.15) is 35.4 Å². The molecule has 1 aliphatic rings. The van der Waals surface area contributed by atoms with Crippen molar-refractivity contribution in [2.45, 2.75) is 46.4 Å². The Balaban J connectivity index is 1.60. The molecule has 118 valence electrons. The minimum absolute atomic E-state index is 0.0618. The van der Waals surface area contributed by atoms with Gasteiger partial charge in [0.1, 0.15) is 5.01 Å². The molecule has 0 unspecified atom stereocenters. The van der Waals surface area contributed by atoms with Gasteiger partial charge in [-0.05, 0) is 13.0 Å². The summed E-state index contributed by atoms with van der Waals surface area (Å²) in [6.07, 6.45) is 0.509. The minimum atomic E-state index is 0.0618. The summed E-state index contributed by atoms with van der Waals surface area (Å²) < 4.78 is 2.05. The topological polar surface area (TPSA) is 63.1 Å². The summed E-state index contributed by atoms with van der Waals surface area (Å²) in [5.74, 6) is 0.0618. The van der Waals surface area contributed by atoms with Crippen molar-refractivity contribution in [3.8, 4) is 0 Å². The van der Waals surface area contributed by atoms with Gasteiger partial charge in [-0.15, -0.1) is 11.3 Å². The number of aromatic nitrogens is 3. The number of carbonyl (C=O) groups excluding carboxylic acids is 1. The Hall–Kier alpha value is -1.73. The molecule has 0 saturated carbocycles. The molecule has 3 rings (SSSR count). The molecule has 0 spiro atoms. The van der Waals surface area contributed by atoms with Crippen LogP contribution in [0.3, 0.4) is 0 Å². The molecular formula is C15H21N5OS. The molecule has 3 heterocycles. The summed E-state index contributed by atoms with van der Waals surface area (Å²) in [5, 5.41) is 10.7. The first-order valence-corrected chi connectivity index (χ1v) is 8.47. The highest BCUT2D eigenvalue weighted by molar-refractivity contribution is 7.09. The summed E-state index contributed by atoms with van der Waals surface area (Å²) >= 11 is 1.72. The van der Waals surface area contributed by atoms with Crippen LogP contribution >= 0.6 is 11.3 Å². The van der Waals surface area contributed by atoms with E-state index in [1.54, 1.807) is 11.3 Å². The van der Waals surface area contributed by atoms with Gasteiger partial charge in [0.05, 0.1) is 31.0 Å². The fourth-order valence-corrected chi connectivity index (χ4v) is 3.40. The highest BCUT2D eigenvalue weighted by atomic mass is 32.1. The van der Waals surface area contributed by atoms with Gasteiger partial charge in [-0.2, -0.15) is 5.10 Å². The van der Waals surface area contributed by atoms with Gasteiger partial charge in [0.2, 0.25) is 5.91 Å². The molecule has 1 amide bonds. The van der Waals surface area contributed by atoms with Gasteiger partial charge in [0.25, 0.3) is 0 Å². The number of hydrogen-bond donors (Lipinski definition) is 1. The number of hydrogen-bond acceptors (Lipinski definition) is 5. The van der Waals surface area contributed by atoms with Crippen LogP contribution in [0.4, 0.5) is 0 Å². The highest BCUT2D eigenvalue weighted by Gasteiger charge is 2.19. The Morgan fingerprint density at radius 2 is 2.32 bits per heavy atom. The lowest BCUT2D eigenvalue weighted by molar-refractivity contribution is -0.120. The van der Waals surface area contributed by atoms with Crippen molar-refractivity contribution in [2.24, 2.45) is 0 Å². The van der Waals surface area contributed by atoms with Crippen molar-refractivity contribution in [1.29, 1.82) is 0 Å². The van der Waals surface area contributed by atoms with E-state index in [0.29, 0.717) is 13.0 Å². The maximum atomic E-state index is 11.3. The second-order valence-corrected chi connectivity index (χ2v) is 6.52. The molecule has 2 aromatic rings. The van der Waals surface area contributed by atoms with Gasteiger partial charge < -0.3 is 5.32 Å². The Kier molecular flexibility index (Phi) is 4.54. The van der Waals surface area contributed by atoms with Crippen LogP contribution in [-0.4, -0.2) is 32.1 Å². The number of aryl methyl sites for hydroxylation is 1. The molecule has 0 atom stereocenters. The maximum Gasteiger partial charge on any atom is 0.220 e. The number of carbonyl (C=O) groups is 1. The fourth-order valence-electron chi connectivity index (χ4n) is 2.58. The van der Waals surface area contributed by atoms with E-state index in [1.165, 1.54) is 10.7 Å². The monoisotopic (exact) mass is 319 g/mol. The molecule has 22 heavy (non-hydrogen) atoms. The molecule has 1 aliphatic heterocycles. The number of fused-ring (bicyclic) bond motifs is 1. The normalized spacial score (nSPS) is 14.8. The van der Waals surface area contributed by atoms with Crippen molar-refractivity contribution in [1.82, 2.24) is 25.0 Å². The third-order valence-corrected chi connectivity index (χ3v) is 4.69. The molecule has 0 aromatic carbocycles. The first-order chi connectivity index (χ1) is 10.6. The molecule has 2 aromatic heterocycles. The lowest BCUT2D eigenvalue weighted by atomic mass is 10.2. The summed E-state index contributed by atoms with van der Waals surface area (Å²) in [7, 11) is 0. The molecule has 0 fully saturated rings. The first kappa shape index (κ1) is 15.2. The van der Waals surface area contributed by atoms with E-state index >= 15 is 0 Å². The van der Waals surface area contributed by atoms with Crippen molar-refractivity contribution in [3.63, 3.8) is 0 Å². The zero-order valence-corrected chi connectivity index (χ0v) is 13.8. The zero-order valence-electron chi connectivity index (χ0n) is 13.0. The average molecular weight is 319 g/mol. The van der Waals surface area contributed by atoms with Gasteiger partial charge in [0, 0.05) is 30.6 Å². The van der Waals surface area contributed by atoms with Crippen LogP contribution in [0.5, 0.6) is 0 Å². The molecular weight excluding hydrogens is 298 g/mol. The number of amides is 1. The summed E-state index contributed by atoms with van der Waals surface area (Å²) in [6.45, 7) is 8.04. The first-order valence-electron chi connectivity index (χ1n) is 7.59. The number of nitrogens with one attached hydrogen (secondary N) is 1. The van der Waals surface area contributed by atoms with E-state index in [-0.39, 0.29) is 5.91 Å². The van der Waals surface area contributed by atoms with Crippen LogP contribution in [0.25, 0.3) is 0 Å². The predicted molar refractivity (Wildman–Crippen MR) is 85.3 cm³/mol. The molecule has 0 saturated heterocycles. The van der Waals surface area contributed by atoms with Crippen LogP contribution < -0.4 is 5.32 Å². The third-order valence-electron chi connectivity index (χ3n) is 3.74. The van der Waals surface area contributed by atoms with E-state index in [0.717, 1.165) is 37.6 Å². The van der Waals surface area contributed by atoms with Crippen molar-refractivity contribution in [2.75, 3.05) is 6.54 Å². The Morgan fingerprint density at radius 1 is 1.45 bits per heavy atom. The SMILES string of the molecule is CCC(=O)NCc1cc2n(n1)CCN(Cc1nc(C)cs1)C2. The van der Waals surface area contributed by atoms with E-state index in [2.05, 4.69) is 36.4 Å². The largest absolute Gasteiger partial charge is 0.350 e. The van der Waals surface area contributed by atoms with E-state index in [4.69, 9.17) is 0 Å². The Labute approximate surface area is 134 Å². The number of nitrogens with zero attached hydrogens (tertiary/aromatic N) is 4. The second kappa shape index (κ2) is 6.58. The van der Waals surface area contributed by atoms with E-state index in [1.807, 2.05) is 13.8 Å². The number of rotatable bonds is 5. The fraction of sp³-hybridized carbons (Fsp3) is 0.533. The predicted octanol–water partition coefficient (Wildman–Crippen LogP) is 1.69. The van der Waals surface area contributed by atoms with Crippen LogP contribution in [0, 0.1) is 6.92 Å². The van der Waals surface area contributed by atoms with Gasteiger partial charge >= 0.3 is 0 Å². The lowest BCUT2D eigenvalue weighted by Gasteiger charge is -2.26. The second-order valence-electron chi connectivity index (χ2n) is 5.57. The molecule has 0 radical (unpaired) electrons. The lowest BCUT2D eigenvalue weighted by Crippen LogP contribution is -2.33. The molecule has 1 N–H and O–H groups in total. The van der Waals surface area contributed by atoms with Crippen LogP contribution in [0.2, 0.25) is 0 Å².